The number of aliphatic hydroxyl groups is 3. The van der Waals surface area contributed by atoms with Gasteiger partial charge in [-0.05, 0) is 52.1 Å². The Morgan fingerprint density at radius 2 is 1.84 bits per heavy atom. The van der Waals surface area contributed by atoms with E-state index in [1.54, 1.807) is 38.2 Å². The number of hydrogen-bond acceptors (Lipinski definition) is 9. The zero-order chi connectivity index (χ0) is 23.7. The molecule has 32 heavy (non-hydrogen) atoms. The topological polar surface area (TPSA) is 145 Å². The molecule has 1 atom stereocenters. The first-order chi connectivity index (χ1) is 14.9. The summed E-state index contributed by atoms with van der Waals surface area (Å²) in [7, 11) is 0. The molecule has 0 saturated carbocycles. The molecular weight excluding hydrogens is 412 g/mol. The highest BCUT2D eigenvalue weighted by Gasteiger charge is 2.20. The van der Waals surface area contributed by atoms with Crippen molar-refractivity contribution in [2.45, 2.75) is 58.4 Å². The molecule has 0 aromatic carbocycles. The lowest BCUT2D eigenvalue weighted by Gasteiger charge is -2.23. The molecule has 3 rings (SSSR count). The van der Waals surface area contributed by atoms with Gasteiger partial charge in [0, 0.05) is 17.8 Å². The van der Waals surface area contributed by atoms with Crippen molar-refractivity contribution in [2.24, 2.45) is 0 Å². The Balaban J connectivity index is 2.10. The van der Waals surface area contributed by atoms with Crippen molar-refractivity contribution in [3.05, 3.63) is 46.8 Å². The second-order valence-corrected chi connectivity index (χ2v) is 9.28. The summed E-state index contributed by atoms with van der Waals surface area (Å²) in [5.41, 5.74) is -1.38. The molecule has 0 aliphatic heterocycles. The summed E-state index contributed by atoms with van der Waals surface area (Å²) in [4.78, 5) is 26.0. The predicted octanol–water partition coefficient (Wildman–Crippen LogP) is 1.72. The van der Waals surface area contributed by atoms with Crippen LogP contribution >= 0.6 is 0 Å². The van der Waals surface area contributed by atoms with Crippen LogP contribution in [0.2, 0.25) is 0 Å². The van der Waals surface area contributed by atoms with E-state index >= 15 is 0 Å². The third kappa shape index (κ3) is 5.58. The number of rotatable bonds is 7. The Morgan fingerprint density at radius 3 is 2.47 bits per heavy atom. The van der Waals surface area contributed by atoms with Gasteiger partial charge in [-0.3, -0.25) is 4.79 Å². The molecule has 172 valence electrons. The van der Waals surface area contributed by atoms with E-state index in [0.717, 1.165) is 0 Å². The van der Waals surface area contributed by atoms with Crippen molar-refractivity contribution < 1.29 is 15.3 Å². The summed E-state index contributed by atoms with van der Waals surface area (Å²) >= 11 is 0. The quantitative estimate of drug-likeness (QED) is 0.369. The van der Waals surface area contributed by atoms with Gasteiger partial charge in [-0.25, -0.2) is 15.0 Å². The number of nitrogens with one attached hydrogen (secondary N) is 2. The Morgan fingerprint density at radius 1 is 1.12 bits per heavy atom. The van der Waals surface area contributed by atoms with Crippen LogP contribution in [0.25, 0.3) is 10.8 Å². The number of nitrogens with zero attached hydrogens (tertiary/aromatic N) is 4. The van der Waals surface area contributed by atoms with Crippen molar-refractivity contribution >= 4 is 28.2 Å². The van der Waals surface area contributed by atoms with Crippen molar-refractivity contribution in [1.82, 2.24) is 19.5 Å². The second-order valence-electron chi connectivity index (χ2n) is 9.28. The van der Waals surface area contributed by atoms with Crippen LogP contribution in [0.4, 0.5) is 17.5 Å². The van der Waals surface area contributed by atoms with Crippen molar-refractivity contribution in [2.75, 3.05) is 17.2 Å². The Bertz CT molecular complexity index is 1160. The first kappa shape index (κ1) is 23.6. The standard InChI is InChI=1S/C22H30N6O4/c1-21(2,3)27-19-18-13(6-7-28(20(18)31)10-14(30)11-29)8-17(26-19)25-16-9-15(22(4,5)32)23-12-24-16/h6-9,12,14,29-30,32H,10-11H2,1-5H3,(H2,23,24,25,26,27)/t14-/m0/s1. The normalized spacial score (nSPS) is 13.2. The fourth-order valence-electron chi connectivity index (χ4n) is 3.13. The molecule has 3 aromatic rings. The fourth-order valence-corrected chi connectivity index (χ4v) is 3.13. The largest absolute Gasteiger partial charge is 0.394 e. The zero-order valence-corrected chi connectivity index (χ0v) is 18.9. The summed E-state index contributed by atoms with van der Waals surface area (Å²) in [6.07, 6.45) is 1.89. The second kappa shape index (κ2) is 8.81. The first-order valence-corrected chi connectivity index (χ1v) is 10.3. The SMILES string of the molecule is CC(C)(C)Nc1nc(Nc2cc(C(C)(C)O)ncn2)cc2ccn(C[C@H](O)CO)c(=O)c12. The van der Waals surface area contributed by atoms with Crippen LogP contribution in [-0.2, 0) is 12.1 Å². The number of pyridine rings is 2. The summed E-state index contributed by atoms with van der Waals surface area (Å²) < 4.78 is 1.35. The number of aliphatic hydroxyl groups excluding tert-OH is 2. The molecule has 10 nitrogen and oxygen atoms in total. The maximum Gasteiger partial charge on any atom is 0.262 e. The van der Waals surface area contributed by atoms with E-state index in [0.29, 0.717) is 33.9 Å². The van der Waals surface area contributed by atoms with E-state index in [9.17, 15) is 15.0 Å². The maximum absolute atomic E-state index is 13.1. The highest BCUT2D eigenvalue weighted by Crippen LogP contribution is 2.27. The van der Waals surface area contributed by atoms with Crippen molar-refractivity contribution in [3.8, 4) is 0 Å². The van der Waals surface area contributed by atoms with E-state index in [2.05, 4.69) is 25.6 Å². The van der Waals surface area contributed by atoms with Crippen LogP contribution < -0.4 is 16.2 Å². The Hall–Kier alpha value is -3.08. The average Bonchev–Trinajstić information content (AvgIpc) is 2.68. The van der Waals surface area contributed by atoms with Gasteiger partial charge in [0.1, 0.15) is 29.4 Å². The molecule has 0 amide bonds. The highest BCUT2D eigenvalue weighted by atomic mass is 16.3. The minimum atomic E-state index is -1.13. The highest BCUT2D eigenvalue weighted by molar-refractivity contribution is 5.93. The van der Waals surface area contributed by atoms with Gasteiger partial charge in [0.15, 0.2) is 0 Å². The van der Waals surface area contributed by atoms with Crippen LogP contribution in [0.3, 0.4) is 0 Å². The molecule has 0 spiro atoms. The molecule has 5 N–H and O–H groups in total. The zero-order valence-electron chi connectivity index (χ0n) is 18.9. The summed E-state index contributed by atoms with van der Waals surface area (Å²) in [5.74, 6) is 1.29. The maximum atomic E-state index is 13.1. The predicted molar refractivity (Wildman–Crippen MR) is 123 cm³/mol. The number of anilines is 3. The van der Waals surface area contributed by atoms with Gasteiger partial charge in [0.25, 0.3) is 5.56 Å². The molecular formula is C22H30N6O4. The van der Waals surface area contributed by atoms with Gasteiger partial charge < -0.3 is 30.5 Å². The summed E-state index contributed by atoms with van der Waals surface area (Å²) in [5, 5.41) is 36.5. The van der Waals surface area contributed by atoms with Crippen LogP contribution in [0.1, 0.15) is 40.3 Å². The molecule has 0 saturated heterocycles. The van der Waals surface area contributed by atoms with E-state index in [1.807, 2.05) is 20.8 Å². The van der Waals surface area contributed by atoms with Gasteiger partial charge in [-0.15, -0.1) is 0 Å². The first-order valence-electron chi connectivity index (χ1n) is 10.3. The molecule has 0 fully saturated rings. The van der Waals surface area contributed by atoms with Gasteiger partial charge in [-0.2, -0.15) is 0 Å². The van der Waals surface area contributed by atoms with E-state index in [-0.39, 0.29) is 17.6 Å². The molecule has 0 bridgehead atoms. The van der Waals surface area contributed by atoms with Gasteiger partial charge >= 0.3 is 0 Å². The Labute approximate surface area is 186 Å². The molecule has 10 heteroatoms. The van der Waals surface area contributed by atoms with Crippen molar-refractivity contribution in [1.29, 1.82) is 0 Å². The third-order valence-corrected chi connectivity index (χ3v) is 4.62. The molecule has 0 radical (unpaired) electrons. The molecule has 3 heterocycles. The molecule has 0 unspecified atom stereocenters. The number of fused-ring (bicyclic) bond motifs is 1. The fraction of sp³-hybridized carbons (Fsp3) is 0.455. The van der Waals surface area contributed by atoms with Crippen LogP contribution in [-0.4, -0.2) is 53.1 Å². The van der Waals surface area contributed by atoms with E-state index in [4.69, 9.17) is 5.11 Å². The van der Waals surface area contributed by atoms with Crippen LogP contribution in [0, 0.1) is 0 Å². The lowest BCUT2D eigenvalue weighted by atomic mass is 10.1. The number of hydrogen-bond donors (Lipinski definition) is 5. The van der Waals surface area contributed by atoms with Crippen LogP contribution in [0.15, 0.2) is 35.5 Å². The summed E-state index contributed by atoms with van der Waals surface area (Å²) in [6.45, 7) is 8.67. The Kier molecular flexibility index (Phi) is 6.49. The van der Waals surface area contributed by atoms with Gasteiger partial charge in [0.2, 0.25) is 0 Å². The molecule has 3 aromatic heterocycles. The van der Waals surface area contributed by atoms with E-state index in [1.165, 1.54) is 10.9 Å². The van der Waals surface area contributed by atoms with Crippen LogP contribution in [0.5, 0.6) is 0 Å². The number of aromatic nitrogens is 4. The smallest absolute Gasteiger partial charge is 0.262 e. The molecule has 0 aliphatic carbocycles. The minimum absolute atomic E-state index is 0.0269. The van der Waals surface area contributed by atoms with Gasteiger partial charge in [0.05, 0.1) is 30.3 Å². The van der Waals surface area contributed by atoms with Gasteiger partial charge in [-0.1, -0.05) is 0 Å². The summed E-state index contributed by atoms with van der Waals surface area (Å²) in [6, 6.07) is 5.12. The van der Waals surface area contributed by atoms with E-state index < -0.39 is 18.3 Å². The molecule has 0 aliphatic rings. The lowest BCUT2D eigenvalue weighted by Crippen LogP contribution is -2.31. The van der Waals surface area contributed by atoms with Crippen molar-refractivity contribution in [3.63, 3.8) is 0 Å². The third-order valence-electron chi connectivity index (χ3n) is 4.62. The average molecular weight is 443 g/mol. The monoisotopic (exact) mass is 442 g/mol. The lowest BCUT2D eigenvalue weighted by molar-refractivity contribution is 0.0737. The minimum Gasteiger partial charge on any atom is -0.394 e.